The Balaban J connectivity index is 1.35. The third kappa shape index (κ3) is 4.21. The molecule has 0 bridgehead atoms. The molecule has 0 spiro atoms. The van der Waals surface area contributed by atoms with Crippen LogP contribution in [0.15, 0.2) is 48.4 Å². The Labute approximate surface area is 182 Å². The van der Waals surface area contributed by atoms with Crippen LogP contribution in [0, 0.1) is 0 Å². The number of aromatic nitrogens is 5. The summed E-state index contributed by atoms with van der Waals surface area (Å²) in [5.74, 6) is 1.06. The molecule has 5 rings (SSSR count). The lowest BCUT2D eigenvalue weighted by molar-refractivity contribution is 0.102. The minimum absolute atomic E-state index is 0.224. The van der Waals surface area contributed by atoms with Crippen molar-refractivity contribution in [3.8, 4) is 10.6 Å². The molecule has 9 nitrogen and oxygen atoms in total. The van der Waals surface area contributed by atoms with E-state index < -0.39 is 0 Å². The molecule has 4 aromatic heterocycles. The smallest absolute Gasteiger partial charge is 0.257 e. The molecule has 156 valence electrons. The van der Waals surface area contributed by atoms with Gasteiger partial charge in [0.1, 0.15) is 22.2 Å². The van der Waals surface area contributed by atoms with Gasteiger partial charge >= 0.3 is 0 Å². The molecule has 10 heteroatoms. The van der Waals surface area contributed by atoms with Gasteiger partial charge in [-0.05, 0) is 31.3 Å². The van der Waals surface area contributed by atoms with Crippen LogP contribution in [0.1, 0.15) is 10.4 Å². The molecule has 1 saturated heterocycles. The van der Waals surface area contributed by atoms with Gasteiger partial charge in [0, 0.05) is 55.1 Å². The number of carbonyl (C=O) groups is 1. The van der Waals surface area contributed by atoms with Crippen LogP contribution in [0.4, 0.5) is 11.6 Å². The monoisotopic (exact) mass is 432 g/mol. The van der Waals surface area contributed by atoms with Crippen molar-refractivity contribution in [3.05, 3.63) is 53.9 Å². The van der Waals surface area contributed by atoms with Gasteiger partial charge < -0.3 is 15.1 Å². The number of fused-ring (bicyclic) bond motifs is 1. The van der Waals surface area contributed by atoms with Crippen molar-refractivity contribution in [2.75, 3.05) is 43.4 Å². The molecule has 1 amide bonds. The minimum Gasteiger partial charge on any atom is -0.354 e. The Morgan fingerprint density at radius 1 is 1.06 bits per heavy atom. The number of nitrogens with zero attached hydrogens (tertiary/aromatic N) is 7. The molecule has 1 fully saturated rings. The van der Waals surface area contributed by atoms with Crippen LogP contribution in [0.2, 0.25) is 0 Å². The number of rotatable bonds is 4. The average molecular weight is 433 g/mol. The first kappa shape index (κ1) is 19.5. The first-order chi connectivity index (χ1) is 15.2. The van der Waals surface area contributed by atoms with E-state index in [-0.39, 0.29) is 5.91 Å². The first-order valence-electron chi connectivity index (χ1n) is 9.89. The molecular formula is C21H20N8OS. The fourth-order valence-corrected chi connectivity index (χ4v) is 4.01. The number of likely N-dealkylation sites (N-methyl/N-ethyl adjacent to an activating group) is 1. The average Bonchev–Trinajstić information content (AvgIpc) is 3.34. The molecule has 0 aliphatic carbocycles. The van der Waals surface area contributed by atoms with Gasteiger partial charge in [-0.25, -0.2) is 9.97 Å². The molecule has 4 aromatic rings. The van der Waals surface area contributed by atoms with Crippen molar-refractivity contribution in [1.82, 2.24) is 30.0 Å². The third-order valence-corrected chi connectivity index (χ3v) is 5.99. The van der Waals surface area contributed by atoms with E-state index in [2.05, 4.69) is 47.3 Å². The largest absolute Gasteiger partial charge is 0.354 e. The van der Waals surface area contributed by atoms with Crippen LogP contribution in [0.25, 0.3) is 21.5 Å². The number of anilines is 2. The lowest BCUT2D eigenvalue weighted by Gasteiger charge is -2.33. The van der Waals surface area contributed by atoms with Gasteiger partial charge in [0.05, 0.1) is 11.7 Å². The van der Waals surface area contributed by atoms with Crippen LogP contribution in [0.3, 0.4) is 0 Å². The van der Waals surface area contributed by atoms with Crippen LogP contribution in [-0.4, -0.2) is 69.2 Å². The topological polar surface area (TPSA) is 100 Å². The molecule has 0 aromatic carbocycles. The van der Waals surface area contributed by atoms with Crippen LogP contribution < -0.4 is 10.2 Å². The van der Waals surface area contributed by atoms with Gasteiger partial charge in [0.15, 0.2) is 0 Å². The van der Waals surface area contributed by atoms with Crippen LogP contribution in [-0.2, 0) is 0 Å². The summed E-state index contributed by atoms with van der Waals surface area (Å²) in [6, 6.07) is 7.33. The summed E-state index contributed by atoms with van der Waals surface area (Å²) in [7, 11) is 2.11. The molecule has 1 aliphatic heterocycles. The number of nitrogens with one attached hydrogen (secondary N) is 1. The van der Waals surface area contributed by atoms with Crippen LogP contribution in [0.5, 0.6) is 0 Å². The minimum atomic E-state index is -0.224. The van der Waals surface area contributed by atoms with Crippen molar-refractivity contribution < 1.29 is 4.79 Å². The number of pyridine rings is 3. The zero-order chi connectivity index (χ0) is 21.2. The van der Waals surface area contributed by atoms with E-state index in [4.69, 9.17) is 0 Å². The predicted octanol–water partition coefficient (Wildman–Crippen LogP) is 2.55. The molecule has 31 heavy (non-hydrogen) atoms. The van der Waals surface area contributed by atoms with Crippen molar-refractivity contribution >= 4 is 39.8 Å². The van der Waals surface area contributed by atoms with E-state index >= 15 is 0 Å². The highest BCUT2D eigenvalue weighted by Gasteiger charge is 2.17. The van der Waals surface area contributed by atoms with Gasteiger partial charge in [-0.1, -0.05) is 11.3 Å². The number of piperazine rings is 1. The molecule has 0 radical (unpaired) electrons. The predicted molar refractivity (Wildman–Crippen MR) is 120 cm³/mol. The normalized spacial score (nSPS) is 14.7. The highest BCUT2D eigenvalue weighted by atomic mass is 32.1. The van der Waals surface area contributed by atoms with Crippen molar-refractivity contribution in [2.24, 2.45) is 0 Å². The third-order valence-electron chi connectivity index (χ3n) is 5.25. The maximum Gasteiger partial charge on any atom is 0.257 e. The molecule has 0 atom stereocenters. The maximum absolute atomic E-state index is 12.9. The zero-order valence-electron chi connectivity index (χ0n) is 16.9. The van der Waals surface area contributed by atoms with Gasteiger partial charge in [-0.3, -0.25) is 9.78 Å². The van der Waals surface area contributed by atoms with Crippen molar-refractivity contribution in [1.29, 1.82) is 0 Å². The number of hydrogen-bond donors (Lipinski definition) is 1. The molecule has 0 unspecified atom stereocenters. The molecule has 0 saturated carbocycles. The van der Waals surface area contributed by atoms with Crippen LogP contribution >= 0.6 is 11.3 Å². The summed E-state index contributed by atoms with van der Waals surface area (Å²) in [5, 5.41) is 12.5. The molecule has 1 aliphatic rings. The van der Waals surface area contributed by atoms with E-state index in [0.717, 1.165) is 53.5 Å². The Hall–Kier alpha value is -3.50. The molecule has 5 heterocycles. The van der Waals surface area contributed by atoms with E-state index in [0.29, 0.717) is 11.4 Å². The van der Waals surface area contributed by atoms with E-state index in [1.54, 1.807) is 30.2 Å². The lowest BCUT2D eigenvalue weighted by atomic mass is 10.2. The Kier molecular flexibility index (Phi) is 5.23. The zero-order valence-corrected chi connectivity index (χ0v) is 17.7. The maximum atomic E-state index is 12.9. The second-order valence-electron chi connectivity index (χ2n) is 7.38. The quantitative estimate of drug-likeness (QED) is 0.525. The van der Waals surface area contributed by atoms with Gasteiger partial charge in [-0.15, -0.1) is 10.2 Å². The number of amides is 1. The fourth-order valence-electron chi connectivity index (χ4n) is 3.47. The number of hydrogen-bond acceptors (Lipinski definition) is 9. The van der Waals surface area contributed by atoms with E-state index in [9.17, 15) is 4.79 Å². The standard InChI is InChI=1S/C21H20N8OS/c1-28-4-6-29(7-5-28)19-10-14(2-3-22-19)20(30)26-18-9-15-8-16(21-27-25-13-31-21)11-23-17(15)12-24-18/h2-3,8-13H,4-7H2,1H3,(H,24,26,30). The molecule has 1 N–H and O–H groups in total. The summed E-state index contributed by atoms with van der Waals surface area (Å²) < 4.78 is 0. The lowest BCUT2D eigenvalue weighted by Crippen LogP contribution is -2.44. The summed E-state index contributed by atoms with van der Waals surface area (Å²) in [6.45, 7) is 3.74. The summed E-state index contributed by atoms with van der Waals surface area (Å²) in [6.07, 6.45) is 5.07. The Morgan fingerprint density at radius 2 is 1.94 bits per heavy atom. The highest BCUT2D eigenvalue weighted by Crippen LogP contribution is 2.24. The number of carbonyl (C=O) groups excluding carboxylic acids is 1. The fraction of sp³-hybridized carbons (Fsp3) is 0.238. The van der Waals surface area contributed by atoms with E-state index in [1.165, 1.54) is 11.3 Å². The van der Waals surface area contributed by atoms with Gasteiger partial charge in [0.2, 0.25) is 0 Å². The highest BCUT2D eigenvalue weighted by molar-refractivity contribution is 7.12. The van der Waals surface area contributed by atoms with Crippen molar-refractivity contribution in [3.63, 3.8) is 0 Å². The SMILES string of the molecule is CN1CCN(c2cc(C(=O)Nc3cc4cc(-c5nncs5)cnc4cn3)ccn2)CC1. The van der Waals surface area contributed by atoms with Gasteiger partial charge in [0.25, 0.3) is 5.91 Å². The Bertz CT molecular complexity index is 1220. The van der Waals surface area contributed by atoms with E-state index in [1.807, 2.05) is 18.2 Å². The summed E-state index contributed by atoms with van der Waals surface area (Å²) in [5.41, 5.74) is 3.85. The first-order valence-corrected chi connectivity index (χ1v) is 10.8. The summed E-state index contributed by atoms with van der Waals surface area (Å²) in [4.78, 5) is 30.5. The van der Waals surface area contributed by atoms with Crippen molar-refractivity contribution in [2.45, 2.75) is 0 Å². The Morgan fingerprint density at radius 3 is 2.74 bits per heavy atom. The summed E-state index contributed by atoms with van der Waals surface area (Å²) >= 11 is 1.45. The second kappa shape index (κ2) is 8.32. The molecular weight excluding hydrogens is 412 g/mol. The van der Waals surface area contributed by atoms with Gasteiger partial charge in [-0.2, -0.15) is 0 Å². The second-order valence-corrected chi connectivity index (χ2v) is 8.21.